The van der Waals surface area contributed by atoms with Crippen LogP contribution in [0.15, 0.2) is 15.5 Å². The Morgan fingerprint density at radius 3 is 2.50 bits per heavy atom. The molecule has 12 heavy (non-hydrogen) atoms. The summed E-state index contributed by atoms with van der Waals surface area (Å²) in [5.74, 6) is 0.0439. The van der Waals surface area contributed by atoms with E-state index < -0.39 is 5.63 Å². The molecular weight excluding hydrogens is 156 g/mol. The Kier molecular flexibility index (Phi) is 2.22. The fourth-order valence-corrected chi connectivity index (χ4v) is 1.08. The smallest absolute Gasteiger partial charge is 0.342 e. The maximum Gasteiger partial charge on any atom is 0.342 e. The third-order valence-corrected chi connectivity index (χ3v) is 1.77. The lowest BCUT2D eigenvalue weighted by molar-refractivity contribution is 0.424. The SMILES string of the molecule is Cc1coc(=O)c(C(C)C)c1O. The van der Waals surface area contributed by atoms with Gasteiger partial charge >= 0.3 is 5.63 Å². The highest BCUT2D eigenvalue weighted by atomic mass is 16.4. The maximum atomic E-state index is 11.1. The van der Waals surface area contributed by atoms with Crippen LogP contribution in [-0.4, -0.2) is 5.11 Å². The second-order valence-electron chi connectivity index (χ2n) is 3.12. The van der Waals surface area contributed by atoms with Crippen LogP contribution < -0.4 is 5.63 Å². The van der Waals surface area contributed by atoms with Crippen molar-refractivity contribution in [1.82, 2.24) is 0 Å². The van der Waals surface area contributed by atoms with E-state index in [1.165, 1.54) is 6.26 Å². The lowest BCUT2D eigenvalue weighted by atomic mass is 10.0. The van der Waals surface area contributed by atoms with Crippen LogP contribution in [0, 0.1) is 6.92 Å². The van der Waals surface area contributed by atoms with E-state index in [2.05, 4.69) is 0 Å². The summed E-state index contributed by atoms with van der Waals surface area (Å²) in [7, 11) is 0. The van der Waals surface area contributed by atoms with Crippen LogP contribution in [0.4, 0.5) is 0 Å². The average molecular weight is 168 g/mol. The van der Waals surface area contributed by atoms with E-state index in [-0.39, 0.29) is 11.7 Å². The molecular formula is C9H12O3. The van der Waals surface area contributed by atoms with E-state index in [1.54, 1.807) is 6.92 Å². The predicted octanol–water partition coefficient (Wildman–Crippen LogP) is 1.78. The molecule has 0 radical (unpaired) electrons. The molecule has 1 aromatic rings. The number of rotatable bonds is 1. The first kappa shape index (κ1) is 8.84. The number of aryl methyl sites for hydroxylation is 1. The Hall–Kier alpha value is -1.25. The Balaban J connectivity index is 3.43. The van der Waals surface area contributed by atoms with Crippen LogP contribution in [0.1, 0.15) is 30.9 Å². The van der Waals surface area contributed by atoms with Gasteiger partial charge in [0.15, 0.2) is 0 Å². The molecule has 1 rings (SSSR count). The van der Waals surface area contributed by atoms with Crippen LogP contribution in [0.3, 0.4) is 0 Å². The lowest BCUT2D eigenvalue weighted by Crippen LogP contribution is -2.09. The van der Waals surface area contributed by atoms with Crippen molar-refractivity contribution >= 4 is 0 Å². The molecule has 0 aliphatic heterocycles. The largest absolute Gasteiger partial charge is 0.507 e. The second kappa shape index (κ2) is 3.01. The summed E-state index contributed by atoms with van der Waals surface area (Å²) in [4.78, 5) is 11.1. The maximum absolute atomic E-state index is 11.1. The molecule has 0 aliphatic rings. The minimum absolute atomic E-state index is 0.0128. The minimum atomic E-state index is -0.451. The van der Waals surface area contributed by atoms with Crippen LogP contribution in [0.5, 0.6) is 5.75 Å². The van der Waals surface area contributed by atoms with Crippen molar-refractivity contribution in [1.29, 1.82) is 0 Å². The molecule has 1 aromatic heterocycles. The molecule has 3 heteroatoms. The molecule has 0 saturated heterocycles. The summed E-state index contributed by atoms with van der Waals surface area (Å²) >= 11 is 0. The van der Waals surface area contributed by atoms with Crippen molar-refractivity contribution < 1.29 is 9.52 Å². The van der Waals surface area contributed by atoms with Gasteiger partial charge in [-0.3, -0.25) is 0 Å². The zero-order valence-electron chi connectivity index (χ0n) is 7.42. The molecule has 0 atom stereocenters. The van der Waals surface area contributed by atoms with Crippen molar-refractivity contribution in [3.63, 3.8) is 0 Å². The van der Waals surface area contributed by atoms with Crippen molar-refractivity contribution in [3.05, 3.63) is 27.8 Å². The molecule has 0 aromatic carbocycles. The van der Waals surface area contributed by atoms with E-state index in [0.29, 0.717) is 11.1 Å². The fraction of sp³-hybridized carbons (Fsp3) is 0.444. The molecule has 0 amide bonds. The van der Waals surface area contributed by atoms with Gasteiger partial charge in [-0.2, -0.15) is 0 Å². The van der Waals surface area contributed by atoms with Crippen LogP contribution in [0.2, 0.25) is 0 Å². The van der Waals surface area contributed by atoms with Gasteiger partial charge in [0, 0.05) is 5.56 Å². The third kappa shape index (κ3) is 1.35. The molecule has 0 saturated carbocycles. The van der Waals surface area contributed by atoms with E-state index in [0.717, 1.165) is 0 Å². The van der Waals surface area contributed by atoms with Gasteiger partial charge in [0.25, 0.3) is 0 Å². The predicted molar refractivity (Wildman–Crippen MR) is 45.5 cm³/mol. The Morgan fingerprint density at radius 1 is 1.50 bits per heavy atom. The summed E-state index contributed by atoms with van der Waals surface area (Å²) in [6.07, 6.45) is 1.27. The first-order valence-electron chi connectivity index (χ1n) is 3.85. The molecule has 1 N–H and O–H groups in total. The summed E-state index contributed by atoms with van der Waals surface area (Å²) in [6.45, 7) is 5.38. The average Bonchev–Trinajstić information content (AvgIpc) is 1.97. The van der Waals surface area contributed by atoms with Gasteiger partial charge in [0.05, 0.1) is 5.56 Å². The molecule has 0 aliphatic carbocycles. The molecule has 0 bridgehead atoms. The normalized spacial score (nSPS) is 10.7. The molecule has 0 spiro atoms. The van der Waals surface area contributed by atoms with Gasteiger partial charge in [-0.25, -0.2) is 4.79 Å². The monoisotopic (exact) mass is 168 g/mol. The van der Waals surface area contributed by atoms with E-state index in [9.17, 15) is 9.90 Å². The first-order valence-corrected chi connectivity index (χ1v) is 3.85. The Labute approximate surface area is 70.7 Å². The highest BCUT2D eigenvalue weighted by Gasteiger charge is 2.13. The van der Waals surface area contributed by atoms with Gasteiger partial charge in [-0.05, 0) is 12.8 Å². The standard InChI is InChI=1S/C9H12O3/c1-5(2)7-8(10)6(3)4-12-9(7)11/h4-5,10H,1-3H3. The summed E-state index contributed by atoms with van der Waals surface area (Å²) in [5.41, 5.74) is 0.501. The molecule has 1 heterocycles. The summed E-state index contributed by atoms with van der Waals surface area (Å²) < 4.78 is 4.72. The van der Waals surface area contributed by atoms with Gasteiger partial charge in [0.2, 0.25) is 0 Å². The topological polar surface area (TPSA) is 50.4 Å². The second-order valence-corrected chi connectivity index (χ2v) is 3.12. The zero-order valence-corrected chi connectivity index (χ0v) is 7.42. The quantitative estimate of drug-likeness (QED) is 0.695. The van der Waals surface area contributed by atoms with Crippen molar-refractivity contribution in [2.24, 2.45) is 0 Å². The van der Waals surface area contributed by atoms with Gasteiger partial charge in [-0.1, -0.05) is 13.8 Å². The van der Waals surface area contributed by atoms with Crippen LogP contribution in [0.25, 0.3) is 0 Å². The van der Waals surface area contributed by atoms with E-state index >= 15 is 0 Å². The highest BCUT2D eigenvalue weighted by Crippen LogP contribution is 2.24. The molecule has 66 valence electrons. The summed E-state index contributed by atoms with van der Waals surface area (Å²) in [5, 5.41) is 9.49. The van der Waals surface area contributed by atoms with Crippen molar-refractivity contribution in [2.45, 2.75) is 26.7 Å². The number of aromatic hydroxyl groups is 1. The molecule has 3 nitrogen and oxygen atoms in total. The van der Waals surface area contributed by atoms with Crippen LogP contribution >= 0.6 is 0 Å². The first-order chi connectivity index (χ1) is 5.54. The van der Waals surface area contributed by atoms with Crippen LogP contribution in [-0.2, 0) is 0 Å². The minimum Gasteiger partial charge on any atom is -0.507 e. The van der Waals surface area contributed by atoms with Gasteiger partial charge in [-0.15, -0.1) is 0 Å². The fourth-order valence-electron chi connectivity index (χ4n) is 1.08. The Morgan fingerprint density at radius 2 is 2.08 bits per heavy atom. The number of hydrogen-bond acceptors (Lipinski definition) is 3. The molecule has 0 unspecified atom stereocenters. The van der Waals surface area contributed by atoms with Gasteiger partial charge in [0.1, 0.15) is 12.0 Å². The summed E-state index contributed by atoms with van der Waals surface area (Å²) in [6, 6.07) is 0. The van der Waals surface area contributed by atoms with Crippen molar-refractivity contribution in [3.8, 4) is 5.75 Å². The lowest BCUT2D eigenvalue weighted by Gasteiger charge is -2.06. The number of hydrogen-bond donors (Lipinski definition) is 1. The van der Waals surface area contributed by atoms with Gasteiger partial charge < -0.3 is 9.52 Å². The third-order valence-electron chi connectivity index (χ3n) is 1.77. The van der Waals surface area contributed by atoms with E-state index in [4.69, 9.17) is 4.42 Å². The highest BCUT2D eigenvalue weighted by molar-refractivity contribution is 5.36. The Bertz CT molecular complexity index is 336. The molecule has 0 fully saturated rings. The zero-order chi connectivity index (χ0) is 9.30. The van der Waals surface area contributed by atoms with E-state index in [1.807, 2.05) is 13.8 Å². The van der Waals surface area contributed by atoms with Crippen molar-refractivity contribution in [2.75, 3.05) is 0 Å².